The van der Waals surface area contributed by atoms with Crippen LogP contribution in [0.1, 0.15) is 16.2 Å². The summed E-state index contributed by atoms with van der Waals surface area (Å²) in [7, 11) is 1.76. The van der Waals surface area contributed by atoms with Crippen molar-refractivity contribution in [1.82, 2.24) is 9.78 Å². The lowest BCUT2D eigenvalue weighted by molar-refractivity contribution is 0.0998. The Bertz CT molecular complexity index is 343. The summed E-state index contributed by atoms with van der Waals surface area (Å²) in [5, 5.41) is 5.92. The number of isothiocyanates is 1. The highest BCUT2D eigenvalue weighted by atomic mass is 32.1. The van der Waals surface area contributed by atoms with E-state index in [1.54, 1.807) is 17.8 Å². The zero-order valence-corrected chi connectivity index (χ0v) is 7.55. The van der Waals surface area contributed by atoms with Gasteiger partial charge >= 0.3 is 5.91 Å². The molecular formula is C7H7N3OS. The highest BCUT2D eigenvalue weighted by Gasteiger charge is 2.08. The average molecular weight is 181 g/mol. The number of hydrogen-bond acceptors (Lipinski definition) is 3. The lowest BCUT2D eigenvalue weighted by atomic mass is 10.3. The quantitative estimate of drug-likeness (QED) is 0.479. The summed E-state index contributed by atoms with van der Waals surface area (Å²) in [6.45, 7) is 1.85. The number of thiocarbonyl (C=S) groups is 1. The van der Waals surface area contributed by atoms with Crippen molar-refractivity contribution in [3.05, 3.63) is 17.5 Å². The van der Waals surface area contributed by atoms with E-state index in [-0.39, 0.29) is 0 Å². The van der Waals surface area contributed by atoms with Gasteiger partial charge in [-0.3, -0.25) is 9.48 Å². The van der Waals surface area contributed by atoms with Gasteiger partial charge in [0.15, 0.2) is 5.69 Å². The van der Waals surface area contributed by atoms with Crippen molar-refractivity contribution in [2.75, 3.05) is 0 Å². The van der Waals surface area contributed by atoms with E-state index in [1.165, 1.54) is 0 Å². The van der Waals surface area contributed by atoms with Gasteiger partial charge in [-0.25, -0.2) is 0 Å². The maximum Gasteiger partial charge on any atom is 0.306 e. The van der Waals surface area contributed by atoms with Crippen LogP contribution in [0.15, 0.2) is 11.1 Å². The Morgan fingerprint density at radius 1 is 1.83 bits per heavy atom. The predicted molar refractivity (Wildman–Crippen MR) is 47.3 cm³/mol. The van der Waals surface area contributed by atoms with Crippen LogP contribution in [-0.2, 0) is 7.05 Å². The fourth-order valence-corrected chi connectivity index (χ4v) is 0.847. The van der Waals surface area contributed by atoms with Gasteiger partial charge in [-0.05, 0) is 25.2 Å². The molecule has 0 bridgehead atoms. The summed E-state index contributed by atoms with van der Waals surface area (Å²) in [5.41, 5.74) is 1.20. The number of hydrogen-bond donors (Lipinski definition) is 0. The molecule has 0 N–H and O–H groups in total. The molecule has 12 heavy (non-hydrogen) atoms. The van der Waals surface area contributed by atoms with Gasteiger partial charge in [-0.2, -0.15) is 10.1 Å². The Morgan fingerprint density at radius 2 is 2.50 bits per heavy atom. The Morgan fingerprint density at radius 3 is 2.92 bits per heavy atom. The van der Waals surface area contributed by atoms with E-state index in [4.69, 9.17) is 0 Å². The second-order valence-corrected chi connectivity index (χ2v) is 2.49. The molecule has 1 rings (SSSR count). The second-order valence-electron chi connectivity index (χ2n) is 2.30. The summed E-state index contributed by atoms with van der Waals surface area (Å²) in [5.74, 6) is -0.450. The molecule has 0 spiro atoms. The standard InChI is InChI=1S/C7H7N3OS/c1-5-3-6(9-10(5)2)7(11)8-4-12/h3H,1-2H3. The average Bonchev–Trinajstić information content (AvgIpc) is 2.33. The van der Waals surface area contributed by atoms with E-state index in [1.807, 2.05) is 12.1 Å². The second kappa shape index (κ2) is 3.38. The van der Waals surface area contributed by atoms with Crippen molar-refractivity contribution < 1.29 is 4.79 Å². The molecule has 0 atom stereocenters. The zero-order chi connectivity index (χ0) is 9.14. The van der Waals surface area contributed by atoms with Gasteiger partial charge in [0.1, 0.15) is 0 Å². The molecule has 0 saturated carbocycles. The van der Waals surface area contributed by atoms with Gasteiger partial charge in [0.25, 0.3) is 0 Å². The number of amides is 1. The molecule has 0 aliphatic heterocycles. The summed E-state index contributed by atoms with van der Waals surface area (Å²) >= 11 is 4.30. The fourth-order valence-electron chi connectivity index (χ4n) is 0.764. The minimum absolute atomic E-state index is 0.298. The third-order valence-corrected chi connectivity index (χ3v) is 1.57. The van der Waals surface area contributed by atoms with E-state index in [0.29, 0.717) is 5.69 Å². The van der Waals surface area contributed by atoms with E-state index in [9.17, 15) is 4.79 Å². The van der Waals surface area contributed by atoms with Crippen LogP contribution in [0.4, 0.5) is 0 Å². The van der Waals surface area contributed by atoms with Gasteiger partial charge in [0.05, 0.1) is 5.16 Å². The molecule has 0 aromatic carbocycles. The van der Waals surface area contributed by atoms with Crippen molar-refractivity contribution in [3.63, 3.8) is 0 Å². The van der Waals surface area contributed by atoms with Crippen molar-refractivity contribution in [2.45, 2.75) is 6.92 Å². The van der Waals surface area contributed by atoms with Crippen LogP contribution in [0.3, 0.4) is 0 Å². The number of nitrogens with zero attached hydrogens (tertiary/aromatic N) is 3. The number of aryl methyl sites for hydroxylation is 2. The molecule has 0 radical (unpaired) electrons. The number of rotatable bonds is 1. The van der Waals surface area contributed by atoms with E-state index >= 15 is 0 Å². The first kappa shape index (κ1) is 8.77. The first-order chi connectivity index (χ1) is 5.65. The Kier molecular flexibility index (Phi) is 2.47. The first-order valence-electron chi connectivity index (χ1n) is 3.28. The van der Waals surface area contributed by atoms with E-state index < -0.39 is 5.91 Å². The molecule has 1 aromatic rings. The molecule has 0 unspecified atom stereocenters. The minimum Gasteiger partial charge on any atom is -0.272 e. The maximum atomic E-state index is 11.0. The lowest BCUT2D eigenvalue weighted by Gasteiger charge is -1.88. The molecule has 0 aliphatic carbocycles. The lowest BCUT2D eigenvalue weighted by Crippen LogP contribution is -1.97. The van der Waals surface area contributed by atoms with Crippen LogP contribution in [0.5, 0.6) is 0 Å². The van der Waals surface area contributed by atoms with E-state index in [0.717, 1.165) is 5.69 Å². The third kappa shape index (κ3) is 1.64. The molecule has 0 saturated heterocycles. The van der Waals surface area contributed by atoms with Gasteiger partial charge in [0.2, 0.25) is 0 Å². The molecule has 62 valence electrons. The molecule has 4 nitrogen and oxygen atoms in total. The highest BCUT2D eigenvalue weighted by molar-refractivity contribution is 7.78. The van der Waals surface area contributed by atoms with E-state index in [2.05, 4.69) is 22.3 Å². The van der Waals surface area contributed by atoms with Crippen molar-refractivity contribution in [2.24, 2.45) is 12.0 Å². The van der Waals surface area contributed by atoms with Crippen molar-refractivity contribution in [1.29, 1.82) is 0 Å². The maximum absolute atomic E-state index is 11.0. The first-order valence-corrected chi connectivity index (χ1v) is 3.69. The molecule has 1 heterocycles. The fraction of sp³-hybridized carbons (Fsp3) is 0.286. The summed E-state index contributed by atoms with van der Waals surface area (Å²) in [6, 6.07) is 1.65. The summed E-state index contributed by atoms with van der Waals surface area (Å²) < 4.78 is 1.60. The number of carbonyl (C=O) groups is 1. The molecule has 1 aromatic heterocycles. The third-order valence-electron chi connectivity index (χ3n) is 1.48. The van der Waals surface area contributed by atoms with Crippen LogP contribution >= 0.6 is 12.2 Å². The monoisotopic (exact) mass is 181 g/mol. The molecule has 0 fully saturated rings. The molecule has 5 heteroatoms. The van der Waals surface area contributed by atoms with Crippen LogP contribution in [0, 0.1) is 6.92 Å². The van der Waals surface area contributed by atoms with Gasteiger partial charge in [-0.15, -0.1) is 0 Å². The van der Waals surface area contributed by atoms with Crippen LogP contribution in [-0.4, -0.2) is 20.8 Å². The summed E-state index contributed by atoms with van der Waals surface area (Å²) in [6.07, 6.45) is 0. The predicted octanol–water partition coefficient (Wildman–Crippen LogP) is 0.972. The molecule has 0 aliphatic rings. The van der Waals surface area contributed by atoms with Crippen molar-refractivity contribution in [3.8, 4) is 0 Å². The van der Waals surface area contributed by atoms with Crippen LogP contribution in [0.2, 0.25) is 0 Å². The Hall–Kier alpha value is -1.32. The smallest absolute Gasteiger partial charge is 0.272 e. The van der Waals surface area contributed by atoms with Gasteiger partial charge in [0, 0.05) is 12.7 Å². The number of carbonyl (C=O) groups excluding carboxylic acids is 1. The minimum atomic E-state index is -0.450. The van der Waals surface area contributed by atoms with Crippen molar-refractivity contribution >= 4 is 23.3 Å². The van der Waals surface area contributed by atoms with Gasteiger partial charge in [-0.1, -0.05) is 0 Å². The SMILES string of the molecule is Cc1cc(C(=O)N=C=S)nn1C. The Balaban J connectivity index is 3.04. The van der Waals surface area contributed by atoms with Crippen LogP contribution in [0.25, 0.3) is 0 Å². The Labute approximate surface area is 74.9 Å². The molecular weight excluding hydrogens is 174 g/mol. The number of aromatic nitrogens is 2. The normalized spacial score (nSPS) is 9.17. The van der Waals surface area contributed by atoms with Gasteiger partial charge < -0.3 is 0 Å². The zero-order valence-electron chi connectivity index (χ0n) is 6.74. The topological polar surface area (TPSA) is 47.2 Å². The molecule has 1 amide bonds. The summed E-state index contributed by atoms with van der Waals surface area (Å²) in [4.78, 5) is 14.3. The number of aliphatic imine (C=N–C) groups is 1. The van der Waals surface area contributed by atoms with Crippen LogP contribution < -0.4 is 0 Å². The largest absolute Gasteiger partial charge is 0.306 e. The highest BCUT2D eigenvalue weighted by Crippen LogP contribution is 2.01.